The number of carbonyl (C=O) groups excluding carboxylic acids is 1. The lowest BCUT2D eigenvalue weighted by molar-refractivity contribution is 0.0114. The van der Waals surface area contributed by atoms with Crippen molar-refractivity contribution in [1.82, 2.24) is 30.0 Å². The van der Waals surface area contributed by atoms with Gasteiger partial charge >= 0.3 is 0 Å². The zero-order valence-corrected chi connectivity index (χ0v) is 21.2. The molecule has 1 saturated heterocycles. The first-order chi connectivity index (χ1) is 18.9. The van der Waals surface area contributed by atoms with Gasteiger partial charge in [0.1, 0.15) is 11.6 Å². The molecule has 200 valence electrons. The summed E-state index contributed by atoms with van der Waals surface area (Å²) in [6.45, 7) is 1.38. The zero-order chi connectivity index (χ0) is 26.3. The molecule has 0 spiro atoms. The molecule has 1 saturated carbocycles. The van der Waals surface area contributed by atoms with Crippen LogP contribution in [0.25, 0.3) is 17.0 Å². The molecular formula is C28H27F2N7O2. The first kappa shape index (κ1) is 23.1. The van der Waals surface area contributed by atoms with Gasteiger partial charge in [-0.25, -0.2) is 13.8 Å². The first-order valence-corrected chi connectivity index (χ1v) is 13.5. The predicted molar refractivity (Wildman–Crippen MR) is 138 cm³/mol. The summed E-state index contributed by atoms with van der Waals surface area (Å²) in [6.07, 6.45) is 4.47. The van der Waals surface area contributed by atoms with Crippen molar-refractivity contribution in [2.75, 3.05) is 25.0 Å². The Morgan fingerprint density at radius 2 is 2.08 bits per heavy atom. The number of aromatic nitrogens is 4. The van der Waals surface area contributed by atoms with E-state index in [-0.39, 0.29) is 18.9 Å². The van der Waals surface area contributed by atoms with E-state index >= 15 is 0 Å². The van der Waals surface area contributed by atoms with Crippen LogP contribution in [0.1, 0.15) is 58.3 Å². The number of hydrogen-bond acceptors (Lipinski definition) is 7. The molecule has 1 aromatic carbocycles. The number of benzene rings is 1. The lowest BCUT2D eigenvalue weighted by atomic mass is 10.00. The van der Waals surface area contributed by atoms with E-state index < -0.39 is 5.92 Å². The fourth-order valence-electron chi connectivity index (χ4n) is 6.52. The number of rotatable bonds is 6. The number of likely N-dealkylation sites (tertiary alicyclic amines) is 1. The molecule has 3 aromatic rings. The van der Waals surface area contributed by atoms with Crippen LogP contribution in [0.2, 0.25) is 0 Å². The summed E-state index contributed by atoms with van der Waals surface area (Å²) in [5, 5.41) is 15.2. The van der Waals surface area contributed by atoms with Gasteiger partial charge in [-0.1, -0.05) is 0 Å². The van der Waals surface area contributed by atoms with Crippen molar-refractivity contribution >= 4 is 23.0 Å². The maximum atomic E-state index is 13.9. The number of alkyl halides is 2. The van der Waals surface area contributed by atoms with E-state index in [9.17, 15) is 13.6 Å². The minimum absolute atomic E-state index is 0.143. The van der Waals surface area contributed by atoms with Gasteiger partial charge in [-0.05, 0) is 47.7 Å². The highest BCUT2D eigenvalue weighted by Gasteiger charge is 2.48. The number of ether oxygens (including phenoxy) is 1. The molecule has 5 aliphatic rings. The monoisotopic (exact) mass is 531 g/mol. The number of hydrogen-bond donors (Lipinski definition) is 2. The van der Waals surface area contributed by atoms with Crippen molar-refractivity contribution in [2.24, 2.45) is 5.92 Å². The molecular weight excluding hydrogens is 504 g/mol. The molecule has 2 N–H and O–H groups in total. The van der Waals surface area contributed by atoms with Crippen LogP contribution in [-0.2, 0) is 24.2 Å². The lowest BCUT2D eigenvalue weighted by Crippen LogP contribution is -2.25. The maximum Gasteiger partial charge on any atom is 0.261 e. The van der Waals surface area contributed by atoms with Crippen LogP contribution < -0.4 is 10.6 Å². The van der Waals surface area contributed by atoms with Crippen LogP contribution in [0.3, 0.4) is 0 Å². The van der Waals surface area contributed by atoms with Crippen molar-refractivity contribution in [3.63, 3.8) is 0 Å². The van der Waals surface area contributed by atoms with Gasteiger partial charge in [-0.2, -0.15) is 0 Å². The fourth-order valence-corrected chi connectivity index (χ4v) is 6.52. The third-order valence-electron chi connectivity index (χ3n) is 8.55. The minimum Gasteiger partial charge on any atom is -0.501 e. The maximum absolute atomic E-state index is 13.9. The molecule has 2 unspecified atom stereocenters. The number of fused-ring (bicyclic) bond motifs is 4. The van der Waals surface area contributed by atoms with Gasteiger partial charge in [0.15, 0.2) is 5.82 Å². The Morgan fingerprint density at radius 1 is 1.18 bits per heavy atom. The van der Waals surface area contributed by atoms with E-state index in [1.54, 1.807) is 11.2 Å². The number of pyridine rings is 1. The number of halogens is 2. The summed E-state index contributed by atoms with van der Waals surface area (Å²) < 4.78 is 35.5. The number of nitrogens with zero attached hydrogens (tertiary/aromatic N) is 5. The number of carbonyl (C=O) groups is 1. The molecule has 11 heteroatoms. The molecule has 0 bridgehead atoms. The molecule has 0 radical (unpaired) electrons. The third kappa shape index (κ3) is 3.82. The van der Waals surface area contributed by atoms with Gasteiger partial charge < -0.3 is 19.9 Å². The smallest absolute Gasteiger partial charge is 0.261 e. The second kappa shape index (κ2) is 8.32. The minimum atomic E-state index is -2.67. The van der Waals surface area contributed by atoms with Gasteiger partial charge in [0.2, 0.25) is 0 Å². The third-order valence-corrected chi connectivity index (χ3v) is 8.55. The van der Waals surface area contributed by atoms with Gasteiger partial charge in [0, 0.05) is 56.1 Å². The molecule has 1 aliphatic carbocycles. The normalized spacial score (nSPS) is 24.2. The van der Waals surface area contributed by atoms with Crippen molar-refractivity contribution in [3.8, 4) is 11.4 Å². The Hall–Kier alpha value is -3.86. The quantitative estimate of drug-likeness (QED) is 0.496. The van der Waals surface area contributed by atoms with Crippen LogP contribution in [-0.4, -0.2) is 56.2 Å². The first-order valence-electron chi connectivity index (χ1n) is 13.5. The molecule has 6 heterocycles. The lowest BCUT2D eigenvalue weighted by Gasteiger charge is -2.19. The summed E-state index contributed by atoms with van der Waals surface area (Å²) in [4.78, 5) is 19.6. The van der Waals surface area contributed by atoms with Crippen LogP contribution in [0.15, 0.2) is 30.5 Å². The van der Waals surface area contributed by atoms with Crippen LogP contribution >= 0.6 is 0 Å². The van der Waals surface area contributed by atoms with E-state index in [0.29, 0.717) is 61.0 Å². The molecule has 2 aromatic heterocycles. The average molecular weight is 532 g/mol. The van der Waals surface area contributed by atoms with Gasteiger partial charge in [-0.15, -0.1) is 10.2 Å². The van der Waals surface area contributed by atoms with E-state index in [0.717, 1.165) is 46.8 Å². The Kier molecular flexibility index (Phi) is 4.92. The average Bonchev–Trinajstić information content (AvgIpc) is 3.48. The van der Waals surface area contributed by atoms with Crippen LogP contribution in [0.5, 0.6) is 0 Å². The summed E-state index contributed by atoms with van der Waals surface area (Å²) in [7, 11) is 0. The Labute approximate surface area is 223 Å². The topological polar surface area (TPSA) is 97.2 Å². The predicted octanol–water partition coefficient (Wildman–Crippen LogP) is 4.05. The van der Waals surface area contributed by atoms with Gasteiger partial charge in [0.25, 0.3) is 11.8 Å². The molecule has 8 rings (SSSR count). The number of anilines is 2. The Balaban J connectivity index is 1.14. The second-order valence-electron chi connectivity index (χ2n) is 11.2. The van der Waals surface area contributed by atoms with Crippen molar-refractivity contribution in [2.45, 2.75) is 50.7 Å². The van der Waals surface area contributed by atoms with E-state index in [1.807, 2.05) is 24.3 Å². The van der Waals surface area contributed by atoms with Crippen molar-refractivity contribution < 1.29 is 18.3 Å². The summed E-state index contributed by atoms with van der Waals surface area (Å²) in [6, 6.07) is 8.18. The number of nitrogens with one attached hydrogen (secondary N) is 2. The second-order valence-corrected chi connectivity index (χ2v) is 11.2. The highest BCUT2D eigenvalue weighted by atomic mass is 19.3. The summed E-state index contributed by atoms with van der Waals surface area (Å²) in [5.74, 6) is 0.252. The molecule has 2 atom stereocenters. The van der Waals surface area contributed by atoms with Crippen LogP contribution in [0.4, 0.5) is 20.3 Å². The molecule has 4 aliphatic heterocycles. The highest BCUT2D eigenvalue weighted by molar-refractivity contribution is 6.05. The molecule has 1 amide bonds. The Morgan fingerprint density at radius 3 is 2.90 bits per heavy atom. The van der Waals surface area contributed by atoms with Crippen LogP contribution in [0, 0.1) is 5.92 Å². The largest absolute Gasteiger partial charge is 0.501 e. The van der Waals surface area contributed by atoms with Gasteiger partial charge in [-0.3, -0.25) is 9.69 Å². The number of amides is 1. The van der Waals surface area contributed by atoms with Gasteiger partial charge in [0.05, 0.1) is 36.4 Å². The highest BCUT2D eigenvalue weighted by Crippen LogP contribution is 2.53. The van der Waals surface area contributed by atoms with Crippen molar-refractivity contribution in [3.05, 3.63) is 58.7 Å². The van der Waals surface area contributed by atoms with E-state index in [1.165, 1.54) is 6.42 Å². The SMILES string of the molecule is O=C1NCc2c(-c3nnc4n3C3CC3C4)ccc(Nc3ccc(C4=COCC4)c(CN4CCC(F)(F)C4)n3)c21. The Bertz CT molecular complexity index is 1570. The van der Waals surface area contributed by atoms with Crippen molar-refractivity contribution in [1.29, 1.82) is 0 Å². The van der Waals surface area contributed by atoms with E-state index in [2.05, 4.69) is 25.4 Å². The summed E-state index contributed by atoms with van der Waals surface area (Å²) in [5.41, 5.74) is 5.68. The standard InChI is InChI=1S/C28H27F2N7O2/c29-28(30)6-7-36(14-28)12-21-17(15-5-8-39-13-15)2-4-23(33-21)32-20-3-1-18(19-11-31-27(38)25(19)20)26-35-34-24-10-16-9-22(16)37(24)26/h1-4,13,16,22H,5-12,14H2,(H,31,38)(H,32,33). The molecule has 2 fully saturated rings. The summed E-state index contributed by atoms with van der Waals surface area (Å²) >= 11 is 0. The van der Waals surface area contributed by atoms with E-state index in [4.69, 9.17) is 9.72 Å². The fraction of sp³-hybridized carbons (Fsp3) is 0.429. The molecule has 39 heavy (non-hydrogen) atoms. The molecule has 9 nitrogen and oxygen atoms in total. The zero-order valence-electron chi connectivity index (χ0n) is 21.2.